The van der Waals surface area contributed by atoms with Gasteiger partial charge in [-0.1, -0.05) is 35.9 Å². The molecule has 168 valence electrons. The highest BCUT2D eigenvalue weighted by Gasteiger charge is 2.23. The van der Waals surface area contributed by atoms with Gasteiger partial charge in [-0.2, -0.15) is 4.31 Å². The Kier molecular flexibility index (Phi) is 9.43. The van der Waals surface area contributed by atoms with E-state index in [1.807, 2.05) is 20.8 Å². The van der Waals surface area contributed by atoms with Crippen LogP contribution in [0.1, 0.15) is 41.8 Å². The zero-order chi connectivity index (χ0) is 22.9. The summed E-state index contributed by atoms with van der Waals surface area (Å²) in [7, 11) is -3.66. The lowest BCUT2D eigenvalue weighted by atomic mass is 10.1. The number of hydrogen-bond donors (Lipinski definition) is 1. The first-order chi connectivity index (χ1) is 14.7. The highest BCUT2D eigenvalue weighted by atomic mass is 32.2. The molecule has 0 aliphatic carbocycles. The number of nitrogens with zero attached hydrogens (tertiary/aromatic N) is 1. The van der Waals surface area contributed by atoms with Crippen molar-refractivity contribution in [2.24, 2.45) is 0 Å². The molecule has 0 atom stereocenters. The number of carbonyl (C=O) groups excluding carboxylic acids is 1. The van der Waals surface area contributed by atoms with Gasteiger partial charge in [0.25, 0.3) is 5.91 Å². The standard InChI is InChI=1S/C24H32N2O4S/c1-5-16-26(31(28,29)23-13-7-20(4)8-14-23)18-21-9-11-22(12-10-21)24(27)25-15-6-17-30-19(2)3/h5,7-14,19H,1,6,15-18H2,2-4H3,(H,25,27). The summed E-state index contributed by atoms with van der Waals surface area (Å²) in [4.78, 5) is 12.5. The number of carbonyl (C=O) groups is 1. The molecular formula is C24H32N2O4S. The molecule has 0 fully saturated rings. The van der Waals surface area contributed by atoms with Gasteiger partial charge in [0.05, 0.1) is 11.0 Å². The van der Waals surface area contributed by atoms with Crippen LogP contribution in [0.15, 0.2) is 66.1 Å². The number of aryl methyl sites for hydroxylation is 1. The van der Waals surface area contributed by atoms with Crippen molar-refractivity contribution in [1.29, 1.82) is 0 Å². The van der Waals surface area contributed by atoms with Crippen molar-refractivity contribution in [2.75, 3.05) is 19.7 Å². The second kappa shape index (κ2) is 11.8. The summed E-state index contributed by atoms with van der Waals surface area (Å²) in [6, 6.07) is 13.7. The average Bonchev–Trinajstić information content (AvgIpc) is 2.73. The topological polar surface area (TPSA) is 75.7 Å². The third-order valence-electron chi connectivity index (χ3n) is 4.62. The van der Waals surface area contributed by atoms with E-state index < -0.39 is 10.0 Å². The quantitative estimate of drug-likeness (QED) is 0.398. The van der Waals surface area contributed by atoms with Gasteiger partial charge in [0.2, 0.25) is 10.0 Å². The van der Waals surface area contributed by atoms with Crippen molar-refractivity contribution in [3.8, 4) is 0 Å². The second-order valence-corrected chi connectivity index (χ2v) is 9.56. The number of nitrogens with one attached hydrogen (secondary N) is 1. The Morgan fingerprint density at radius 3 is 2.35 bits per heavy atom. The molecule has 0 unspecified atom stereocenters. The fourth-order valence-electron chi connectivity index (χ4n) is 2.91. The molecule has 0 aliphatic heterocycles. The predicted octanol–water partition coefficient (Wildman–Crippen LogP) is 3.92. The summed E-state index contributed by atoms with van der Waals surface area (Å²) in [5.41, 5.74) is 2.32. The molecule has 0 spiro atoms. The van der Waals surface area contributed by atoms with Crippen LogP contribution in [0.5, 0.6) is 0 Å². The summed E-state index contributed by atoms with van der Waals surface area (Å²) in [5.74, 6) is -0.161. The van der Waals surface area contributed by atoms with Gasteiger partial charge >= 0.3 is 0 Å². The number of amides is 1. The molecule has 2 aromatic rings. The van der Waals surface area contributed by atoms with E-state index in [1.54, 1.807) is 54.6 Å². The first-order valence-electron chi connectivity index (χ1n) is 10.4. The predicted molar refractivity (Wildman–Crippen MR) is 123 cm³/mol. The van der Waals surface area contributed by atoms with Crippen molar-refractivity contribution in [1.82, 2.24) is 9.62 Å². The molecule has 31 heavy (non-hydrogen) atoms. The minimum Gasteiger partial charge on any atom is -0.379 e. The second-order valence-electron chi connectivity index (χ2n) is 7.63. The Bertz CT molecular complexity index is 952. The smallest absolute Gasteiger partial charge is 0.251 e. The molecule has 0 aromatic heterocycles. The molecule has 1 amide bonds. The Hall–Kier alpha value is -2.48. The zero-order valence-electron chi connectivity index (χ0n) is 18.5. The maximum absolute atomic E-state index is 13.0. The average molecular weight is 445 g/mol. The van der Waals surface area contributed by atoms with E-state index in [4.69, 9.17) is 4.74 Å². The van der Waals surface area contributed by atoms with Crippen molar-refractivity contribution >= 4 is 15.9 Å². The van der Waals surface area contributed by atoms with Gasteiger partial charge in [-0.05, 0) is 57.0 Å². The van der Waals surface area contributed by atoms with Crippen LogP contribution in [0.2, 0.25) is 0 Å². The Labute approximate surface area is 186 Å². The monoisotopic (exact) mass is 444 g/mol. The van der Waals surface area contributed by atoms with E-state index in [9.17, 15) is 13.2 Å². The van der Waals surface area contributed by atoms with Crippen LogP contribution in [0.25, 0.3) is 0 Å². The number of ether oxygens (including phenoxy) is 1. The molecule has 0 saturated heterocycles. The number of benzene rings is 2. The molecule has 1 N–H and O–H groups in total. The maximum atomic E-state index is 13.0. The van der Waals surface area contributed by atoms with Gasteiger partial charge in [-0.3, -0.25) is 4.79 Å². The number of rotatable bonds is 12. The van der Waals surface area contributed by atoms with Crippen LogP contribution < -0.4 is 5.32 Å². The van der Waals surface area contributed by atoms with Crippen molar-refractivity contribution in [2.45, 2.75) is 44.7 Å². The molecule has 0 heterocycles. The highest BCUT2D eigenvalue weighted by Crippen LogP contribution is 2.19. The number of sulfonamides is 1. The summed E-state index contributed by atoms with van der Waals surface area (Å²) in [6.07, 6.45) is 2.49. The van der Waals surface area contributed by atoms with E-state index in [0.29, 0.717) is 18.7 Å². The molecule has 7 heteroatoms. The largest absolute Gasteiger partial charge is 0.379 e. The maximum Gasteiger partial charge on any atom is 0.251 e. The summed E-state index contributed by atoms with van der Waals surface area (Å²) in [6.45, 7) is 11.1. The van der Waals surface area contributed by atoms with Crippen LogP contribution in [0, 0.1) is 6.92 Å². The summed E-state index contributed by atoms with van der Waals surface area (Å²) in [5, 5.41) is 2.87. The van der Waals surface area contributed by atoms with Gasteiger partial charge in [0, 0.05) is 31.8 Å². The zero-order valence-corrected chi connectivity index (χ0v) is 19.3. The van der Waals surface area contributed by atoms with Crippen LogP contribution in [-0.2, 0) is 21.3 Å². The highest BCUT2D eigenvalue weighted by molar-refractivity contribution is 7.89. The summed E-state index contributed by atoms with van der Waals surface area (Å²) < 4.78 is 32.9. The van der Waals surface area contributed by atoms with E-state index in [2.05, 4.69) is 11.9 Å². The van der Waals surface area contributed by atoms with E-state index in [1.165, 1.54) is 4.31 Å². The minimum atomic E-state index is -3.66. The van der Waals surface area contributed by atoms with E-state index in [-0.39, 0.29) is 30.0 Å². The molecule has 0 bridgehead atoms. The molecule has 0 saturated carbocycles. The fraction of sp³-hybridized carbons (Fsp3) is 0.375. The molecule has 2 aromatic carbocycles. The lowest BCUT2D eigenvalue weighted by Crippen LogP contribution is -2.31. The Morgan fingerprint density at radius 2 is 1.77 bits per heavy atom. The molecule has 6 nitrogen and oxygen atoms in total. The SMILES string of the molecule is C=CCN(Cc1ccc(C(=O)NCCCOC(C)C)cc1)S(=O)(=O)c1ccc(C)cc1. The van der Waals surface area contributed by atoms with E-state index in [0.717, 1.165) is 17.5 Å². The van der Waals surface area contributed by atoms with Crippen LogP contribution in [0.3, 0.4) is 0 Å². The Balaban J connectivity index is 2.01. The van der Waals surface area contributed by atoms with Crippen LogP contribution >= 0.6 is 0 Å². The van der Waals surface area contributed by atoms with Gasteiger partial charge in [-0.25, -0.2) is 8.42 Å². The van der Waals surface area contributed by atoms with Gasteiger partial charge in [0.15, 0.2) is 0 Å². The third kappa shape index (κ3) is 7.61. The minimum absolute atomic E-state index is 0.161. The first kappa shape index (κ1) is 24.8. The molecule has 0 radical (unpaired) electrons. The first-order valence-corrected chi connectivity index (χ1v) is 11.8. The van der Waals surface area contributed by atoms with E-state index >= 15 is 0 Å². The molecular weight excluding hydrogens is 412 g/mol. The fourth-order valence-corrected chi connectivity index (χ4v) is 4.31. The van der Waals surface area contributed by atoms with Crippen molar-refractivity contribution in [3.63, 3.8) is 0 Å². The Morgan fingerprint density at radius 1 is 1.13 bits per heavy atom. The number of hydrogen-bond acceptors (Lipinski definition) is 4. The van der Waals surface area contributed by atoms with Crippen molar-refractivity contribution in [3.05, 3.63) is 77.9 Å². The van der Waals surface area contributed by atoms with Gasteiger partial charge in [-0.15, -0.1) is 6.58 Å². The normalized spacial score (nSPS) is 11.6. The lowest BCUT2D eigenvalue weighted by Gasteiger charge is -2.21. The van der Waals surface area contributed by atoms with Gasteiger partial charge in [0.1, 0.15) is 0 Å². The molecule has 0 aliphatic rings. The van der Waals surface area contributed by atoms with Gasteiger partial charge < -0.3 is 10.1 Å². The lowest BCUT2D eigenvalue weighted by molar-refractivity contribution is 0.0757. The van der Waals surface area contributed by atoms with Crippen LogP contribution in [0.4, 0.5) is 0 Å². The molecule has 2 rings (SSSR count). The van der Waals surface area contributed by atoms with Crippen molar-refractivity contribution < 1.29 is 17.9 Å². The van der Waals surface area contributed by atoms with Crippen LogP contribution in [-0.4, -0.2) is 44.4 Å². The summed E-state index contributed by atoms with van der Waals surface area (Å²) >= 11 is 0. The third-order valence-corrected chi connectivity index (χ3v) is 6.45.